The first-order valence-corrected chi connectivity index (χ1v) is 5.76. The molecule has 3 nitrogen and oxygen atoms in total. The fourth-order valence-electron chi connectivity index (χ4n) is 1.67. The third kappa shape index (κ3) is 3.10. The number of anilines is 1. The Balaban J connectivity index is 2.04. The number of carbonyl (C=O) groups is 1. The van der Waals surface area contributed by atoms with Crippen molar-refractivity contribution in [2.75, 3.05) is 5.32 Å². The summed E-state index contributed by atoms with van der Waals surface area (Å²) in [7, 11) is 0. The predicted molar refractivity (Wildman–Crippen MR) is 69.3 cm³/mol. The molecule has 2 aromatic carbocycles. The summed E-state index contributed by atoms with van der Waals surface area (Å²) < 4.78 is 0. The molecule has 0 aliphatic rings. The van der Waals surface area contributed by atoms with Gasteiger partial charge in [0.15, 0.2) is 0 Å². The molecule has 2 rings (SSSR count). The highest BCUT2D eigenvalue weighted by molar-refractivity contribution is 5.87. The third-order valence-corrected chi connectivity index (χ3v) is 2.72. The van der Waals surface area contributed by atoms with E-state index in [1.807, 2.05) is 25.1 Å². The van der Waals surface area contributed by atoms with Crippen molar-refractivity contribution in [3.63, 3.8) is 0 Å². The highest BCUT2D eigenvalue weighted by atomic mass is 16.4. The number of aryl methyl sites for hydroxylation is 1. The lowest BCUT2D eigenvalue weighted by Crippen LogP contribution is -2.22. The summed E-state index contributed by atoms with van der Waals surface area (Å²) in [6.45, 7) is 2.71. The molecular weight excluding hydrogens is 226 g/mol. The van der Waals surface area contributed by atoms with E-state index in [0.717, 1.165) is 11.3 Å². The van der Waals surface area contributed by atoms with E-state index in [-0.39, 0.29) is 5.56 Å². The molecule has 0 fully saturated rings. The molecule has 0 radical (unpaired) electrons. The number of carboxylic acids is 1. The Kier molecular flexibility index (Phi) is 3.63. The molecule has 92 valence electrons. The Morgan fingerprint density at radius 2 is 1.89 bits per heavy atom. The number of hydrogen-bond acceptors (Lipinski definition) is 3. The summed E-state index contributed by atoms with van der Waals surface area (Å²) in [5.74, 6) is -1.16. The SMILES string of the molecule is Cc1ccc(CNc2cccc(C(=O)[O-])c2)cc1. The second kappa shape index (κ2) is 5.36. The van der Waals surface area contributed by atoms with Crippen LogP contribution >= 0.6 is 0 Å². The van der Waals surface area contributed by atoms with Gasteiger partial charge in [0.05, 0.1) is 5.97 Å². The van der Waals surface area contributed by atoms with Crippen LogP contribution in [0.5, 0.6) is 0 Å². The maximum Gasteiger partial charge on any atom is 0.0716 e. The molecule has 0 spiro atoms. The van der Waals surface area contributed by atoms with E-state index in [0.29, 0.717) is 6.54 Å². The zero-order chi connectivity index (χ0) is 13.0. The van der Waals surface area contributed by atoms with Gasteiger partial charge in [-0.15, -0.1) is 0 Å². The van der Waals surface area contributed by atoms with E-state index >= 15 is 0 Å². The summed E-state index contributed by atoms with van der Waals surface area (Å²) in [5.41, 5.74) is 3.33. The van der Waals surface area contributed by atoms with E-state index in [1.165, 1.54) is 11.6 Å². The van der Waals surface area contributed by atoms with Crippen LogP contribution in [0.25, 0.3) is 0 Å². The van der Waals surface area contributed by atoms with Gasteiger partial charge in [0.2, 0.25) is 0 Å². The Morgan fingerprint density at radius 1 is 1.17 bits per heavy atom. The minimum atomic E-state index is -1.16. The quantitative estimate of drug-likeness (QED) is 0.889. The second-order valence-electron chi connectivity index (χ2n) is 4.21. The fourth-order valence-corrected chi connectivity index (χ4v) is 1.67. The molecular formula is C15H14NO2-. The Morgan fingerprint density at radius 3 is 2.56 bits per heavy atom. The van der Waals surface area contributed by atoms with E-state index in [2.05, 4.69) is 17.4 Å². The van der Waals surface area contributed by atoms with Gasteiger partial charge in [-0.1, -0.05) is 42.0 Å². The zero-order valence-corrected chi connectivity index (χ0v) is 10.1. The van der Waals surface area contributed by atoms with E-state index in [1.54, 1.807) is 12.1 Å². The first kappa shape index (κ1) is 12.2. The van der Waals surface area contributed by atoms with Crippen molar-refractivity contribution in [3.8, 4) is 0 Å². The molecule has 0 aliphatic carbocycles. The minimum absolute atomic E-state index is 0.184. The Hall–Kier alpha value is -2.29. The molecule has 0 heterocycles. The molecule has 0 bridgehead atoms. The first-order chi connectivity index (χ1) is 8.65. The third-order valence-electron chi connectivity index (χ3n) is 2.72. The predicted octanol–water partition coefficient (Wildman–Crippen LogP) is 1.97. The molecule has 0 saturated heterocycles. The lowest BCUT2D eigenvalue weighted by atomic mass is 10.1. The normalized spacial score (nSPS) is 10.1. The lowest BCUT2D eigenvalue weighted by molar-refractivity contribution is -0.255. The molecule has 0 amide bonds. The maximum absolute atomic E-state index is 10.7. The monoisotopic (exact) mass is 240 g/mol. The molecule has 18 heavy (non-hydrogen) atoms. The number of nitrogens with one attached hydrogen (secondary N) is 1. The van der Waals surface area contributed by atoms with Crippen LogP contribution in [0.2, 0.25) is 0 Å². The van der Waals surface area contributed by atoms with Crippen LogP contribution in [0.15, 0.2) is 48.5 Å². The lowest BCUT2D eigenvalue weighted by Gasteiger charge is -2.09. The summed E-state index contributed by atoms with van der Waals surface area (Å²) in [5, 5.41) is 13.9. The first-order valence-electron chi connectivity index (χ1n) is 5.76. The van der Waals surface area contributed by atoms with Gasteiger partial charge in [0, 0.05) is 12.2 Å². The van der Waals surface area contributed by atoms with Crippen LogP contribution in [0.1, 0.15) is 21.5 Å². The minimum Gasteiger partial charge on any atom is -0.545 e. The van der Waals surface area contributed by atoms with Crippen LogP contribution in [0.3, 0.4) is 0 Å². The van der Waals surface area contributed by atoms with Crippen molar-refractivity contribution >= 4 is 11.7 Å². The summed E-state index contributed by atoms with van der Waals surface area (Å²) in [6, 6.07) is 14.8. The van der Waals surface area contributed by atoms with Crippen LogP contribution in [-0.2, 0) is 6.54 Å². The average Bonchev–Trinajstić information content (AvgIpc) is 2.38. The number of rotatable bonds is 4. The summed E-state index contributed by atoms with van der Waals surface area (Å²) >= 11 is 0. The van der Waals surface area contributed by atoms with Crippen LogP contribution in [0.4, 0.5) is 5.69 Å². The van der Waals surface area contributed by atoms with E-state index in [9.17, 15) is 9.90 Å². The van der Waals surface area contributed by atoms with Crippen molar-refractivity contribution in [3.05, 3.63) is 65.2 Å². The topological polar surface area (TPSA) is 52.2 Å². The van der Waals surface area contributed by atoms with Crippen molar-refractivity contribution in [2.45, 2.75) is 13.5 Å². The number of carboxylic acid groups (broad SMARTS) is 1. The Bertz CT molecular complexity index is 547. The van der Waals surface area contributed by atoms with Gasteiger partial charge in [0.1, 0.15) is 0 Å². The fraction of sp³-hybridized carbons (Fsp3) is 0.133. The van der Waals surface area contributed by atoms with Crippen molar-refractivity contribution in [1.82, 2.24) is 0 Å². The van der Waals surface area contributed by atoms with E-state index < -0.39 is 5.97 Å². The second-order valence-corrected chi connectivity index (χ2v) is 4.21. The van der Waals surface area contributed by atoms with Gasteiger partial charge < -0.3 is 15.2 Å². The van der Waals surface area contributed by atoms with Gasteiger partial charge in [-0.05, 0) is 30.2 Å². The van der Waals surface area contributed by atoms with Crippen molar-refractivity contribution in [1.29, 1.82) is 0 Å². The Labute approximate surface area is 106 Å². The molecule has 2 aromatic rings. The van der Waals surface area contributed by atoms with Crippen LogP contribution in [-0.4, -0.2) is 5.97 Å². The van der Waals surface area contributed by atoms with Gasteiger partial charge in [-0.3, -0.25) is 0 Å². The standard InChI is InChI=1S/C15H15NO2/c1-11-5-7-12(8-6-11)10-16-14-4-2-3-13(9-14)15(17)18/h2-9,16H,10H2,1H3,(H,17,18)/p-1. The van der Waals surface area contributed by atoms with E-state index in [4.69, 9.17) is 0 Å². The molecule has 0 saturated carbocycles. The number of hydrogen-bond donors (Lipinski definition) is 1. The van der Waals surface area contributed by atoms with Gasteiger partial charge in [0.25, 0.3) is 0 Å². The molecule has 0 atom stereocenters. The average molecular weight is 240 g/mol. The summed E-state index contributed by atoms with van der Waals surface area (Å²) in [6.07, 6.45) is 0. The highest BCUT2D eigenvalue weighted by Crippen LogP contribution is 2.12. The largest absolute Gasteiger partial charge is 0.545 e. The molecule has 1 N–H and O–H groups in total. The number of carbonyl (C=O) groups excluding carboxylic acids is 1. The number of aromatic carboxylic acids is 1. The van der Waals surface area contributed by atoms with Crippen LogP contribution < -0.4 is 10.4 Å². The zero-order valence-electron chi connectivity index (χ0n) is 10.1. The molecule has 3 heteroatoms. The van der Waals surface area contributed by atoms with Gasteiger partial charge >= 0.3 is 0 Å². The molecule has 0 aromatic heterocycles. The maximum atomic E-state index is 10.7. The van der Waals surface area contributed by atoms with Crippen molar-refractivity contribution < 1.29 is 9.90 Å². The smallest absolute Gasteiger partial charge is 0.0716 e. The summed E-state index contributed by atoms with van der Waals surface area (Å²) in [4.78, 5) is 10.7. The van der Waals surface area contributed by atoms with Crippen molar-refractivity contribution in [2.24, 2.45) is 0 Å². The van der Waals surface area contributed by atoms with Crippen LogP contribution in [0, 0.1) is 6.92 Å². The molecule has 0 aliphatic heterocycles. The highest BCUT2D eigenvalue weighted by Gasteiger charge is 1.97. The van der Waals surface area contributed by atoms with Gasteiger partial charge in [-0.2, -0.15) is 0 Å². The van der Waals surface area contributed by atoms with Gasteiger partial charge in [-0.25, -0.2) is 0 Å². The molecule has 0 unspecified atom stereocenters. The number of benzene rings is 2.